The van der Waals surface area contributed by atoms with Crippen LogP contribution in [-0.4, -0.2) is 6.09 Å². The van der Waals surface area contributed by atoms with Gasteiger partial charge in [0.15, 0.2) is 0 Å². The maximum Gasteiger partial charge on any atom is 0.417 e. The van der Waals surface area contributed by atoms with Crippen LogP contribution in [0, 0.1) is 13.0 Å². The Labute approximate surface area is 100 Å². The van der Waals surface area contributed by atoms with Gasteiger partial charge in [0.2, 0.25) is 0 Å². The molecule has 2 rings (SSSR count). The molecule has 0 saturated heterocycles. The SMILES string of the molecule is Cc1cccc(NC(=O)Oc2c[c]ccc2)c1. The zero-order valence-electron chi connectivity index (χ0n) is 9.44. The first-order chi connectivity index (χ1) is 8.24. The molecule has 1 amide bonds. The van der Waals surface area contributed by atoms with Crippen molar-refractivity contribution < 1.29 is 9.53 Å². The monoisotopic (exact) mass is 226 g/mol. The first-order valence-electron chi connectivity index (χ1n) is 5.26. The summed E-state index contributed by atoms with van der Waals surface area (Å²) in [5, 5.41) is 2.66. The second-order valence-corrected chi connectivity index (χ2v) is 3.62. The highest BCUT2D eigenvalue weighted by molar-refractivity contribution is 5.86. The molecule has 0 saturated carbocycles. The number of amides is 1. The average Bonchev–Trinajstić information content (AvgIpc) is 2.30. The summed E-state index contributed by atoms with van der Waals surface area (Å²) in [4.78, 5) is 11.5. The summed E-state index contributed by atoms with van der Waals surface area (Å²) in [6.07, 6.45) is -0.504. The molecule has 2 aromatic rings. The van der Waals surface area contributed by atoms with Gasteiger partial charge in [0.05, 0.1) is 0 Å². The molecule has 17 heavy (non-hydrogen) atoms. The number of carbonyl (C=O) groups excluding carboxylic acids is 1. The van der Waals surface area contributed by atoms with E-state index in [4.69, 9.17) is 4.74 Å². The van der Waals surface area contributed by atoms with Crippen LogP contribution < -0.4 is 10.1 Å². The molecule has 0 aromatic heterocycles. The Kier molecular flexibility index (Phi) is 3.40. The summed E-state index contributed by atoms with van der Waals surface area (Å²) in [5.74, 6) is 0.470. The van der Waals surface area contributed by atoms with Crippen LogP contribution in [0.2, 0.25) is 0 Å². The van der Waals surface area contributed by atoms with Crippen LogP contribution in [0.15, 0.2) is 48.5 Å². The number of nitrogens with one attached hydrogen (secondary N) is 1. The highest BCUT2D eigenvalue weighted by atomic mass is 16.6. The van der Waals surface area contributed by atoms with E-state index in [-0.39, 0.29) is 0 Å². The Morgan fingerprint density at radius 1 is 1.29 bits per heavy atom. The van der Waals surface area contributed by atoms with E-state index in [9.17, 15) is 4.79 Å². The molecule has 0 aliphatic carbocycles. The van der Waals surface area contributed by atoms with Crippen molar-refractivity contribution in [1.29, 1.82) is 0 Å². The van der Waals surface area contributed by atoms with Crippen molar-refractivity contribution in [2.24, 2.45) is 0 Å². The Morgan fingerprint density at radius 2 is 2.18 bits per heavy atom. The average molecular weight is 226 g/mol. The van der Waals surface area contributed by atoms with Gasteiger partial charge in [0.1, 0.15) is 5.75 Å². The second-order valence-electron chi connectivity index (χ2n) is 3.62. The Hall–Kier alpha value is -2.29. The third kappa shape index (κ3) is 3.34. The number of hydrogen-bond acceptors (Lipinski definition) is 2. The van der Waals surface area contributed by atoms with E-state index in [2.05, 4.69) is 11.4 Å². The smallest absolute Gasteiger partial charge is 0.410 e. The number of aryl methyl sites for hydroxylation is 1. The number of ether oxygens (including phenoxy) is 1. The first-order valence-corrected chi connectivity index (χ1v) is 5.26. The number of benzene rings is 2. The fourth-order valence-corrected chi connectivity index (χ4v) is 1.41. The number of rotatable bonds is 2. The van der Waals surface area contributed by atoms with E-state index in [1.807, 2.05) is 31.2 Å². The van der Waals surface area contributed by atoms with E-state index < -0.39 is 6.09 Å². The molecule has 1 radical (unpaired) electrons. The minimum absolute atomic E-state index is 0.470. The molecule has 1 N–H and O–H groups in total. The lowest BCUT2D eigenvalue weighted by Crippen LogP contribution is -2.16. The summed E-state index contributed by atoms with van der Waals surface area (Å²) in [7, 11) is 0. The van der Waals surface area contributed by atoms with E-state index in [0.29, 0.717) is 5.75 Å². The topological polar surface area (TPSA) is 38.3 Å². The molecule has 2 aromatic carbocycles. The van der Waals surface area contributed by atoms with Crippen LogP contribution in [0.5, 0.6) is 5.75 Å². The predicted octanol–water partition coefficient (Wildman–Crippen LogP) is 3.41. The van der Waals surface area contributed by atoms with Gasteiger partial charge in [0, 0.05) is 5.69 Å². The molecular formula is C14H12NO2. The molecule has 0 fully saturated rings. The molecule has 0 aliphatic heterocycles. The first kappa shape index (κ1) is 11.2. The standard InChI is InChI=1S/C14H12NO2/c1-11-6-5-7-12(10-11)15-14(16)17-13-8-3-2-4-9-13/h2-3,5-10H,1H3,(H,15,16). The van der Waals surface area contributed by atoms with E-state index in [1.165, 1.54) is 0 Å². The van der Waals surface area contributed by atoms with Crippen molar-refractivity contribution >= 4 is 11.8 Å². The normalized spacial score (nSPS) is 9.71. The highest BCUT2D eigenvalue weighted by Gasteiger charge is 2.04. The van der Waals surface area contributed by atoms with E-state index >= 15 is 0 Å². The summed E-state index contributed by atoms with van der Waals surface area (Å²) in [6.45, 7) is 1.96. The highest BCUT2D eigenvalue weighted by Crippen LogP contribution is 2.12. The van der Waals surface area contributed by atoms with Gasteiger partial charge in [-0.25, -0.2) is 4.79 Å². The minimum atomic E-state index is -0.504. The minimum Gasteiger partial charge on any atom is -0.410 e. The third-order valence-electron chi connectivity index (χ3n) is 2.15. The van der Waals surface area contributed by atoms with Gasteiger partial charge < -0.3 is 4.74 Å². The van der Waals surface area contributed by atoms with Gasteiger partial charge in [0.25, 0.3) is 0 Å². The molecule has 0 aliphatic rings. The van der Waals surface area contributed by atoms with Crippen molar-refractivity contribution in [1.82, 2.24) is 0 Å². The lowest BCUT2D eigenvalue weighted by molar-refractivity contribution is 0.215. The molecule has 3 nitrogen and oxygen atoms in total. The number of hydrogen-bond donors (Lipinski definition) is 1. The van der Waals surface area contributed by atoms with Crippen molar-refractivity contribution in [2.45, 2.75) is 6.92 Å². The van der Waals surface area contributed by atoms with Crippen LogP contribution >= 0.6 is 0 Å². The summed E-state index contributed by atoms with van der Waals surface area (Å²) < 4.78 is 5.08. The van der Waals surface area contributed by atoms with Crippen LogP contribution in [0.1, 0.15) is 5.56 Å². The zero-order chi connectivity index (χ0) is 12.1. The largest absolute Gasteiger partial charge is 0.417 e. The van der Waals surface area contributed by atoms with Gasteiger partial charge in [-0.15, -0.1) is 0 Å². The van der Waals surface area contributed by atoms with Crippen molar-refractivity contribution in [3.8, 4) is 5.75 Å². The molecule has 0 heterocycles. The van der Waals surface area contributed by atoms with Crippen LogP contribution in [0.25, 0.3) is 0 Å². The Morgan fingerprint density at radius 3 is 2.88 bits per heavy atom. The van der Waals surface area contributed by atoms with Crippen molar-refractivity contribution in [3.05, 3.63) is 60.2 Å². The van der Waals surface area contributed by atoms with Crippen LogP contribution in [-0.2, 0) is 0 Å². The number of anilines is 1. The predicted molar refractivity (Wildman–Crippen MR) is 66.1 cm³/mol. The molecule has 0 bridgehead atoms. The van der Waals surface area contributed by atoms with Crippen molar-refractivity contribution in [2.75, 3.05) is 5.32 Å². The zero-order valence-corrected chi connectivity index (χ0v) is 9.44. The molecule has 0 atom stereocenters. The quantitative estimate of drug-likeness (QED) is 0.852. The van der Waals surface area contributed by atoms with E-state index in [1.54, 1.807) is 24.3 Å². The Bertz CT molecular complexity index is 509. The lowest BCUT2D eigenvalue weighted by atomic mass is 10.2. The van der Waals surface area contributed by atoms with Gasteiger partial charge in [-0.1, -0.05) is 24.3 Å². The molecule has 0 spiro atoms. The van der Waals surface area contributed by atoms with Gasteiger partial charge in [-0.2, -0.15) is 0 Å². The Balaban J connectivity index is 1.98. The van der Waals surface area contributed by atoms with Crippen molar-refractivity contribution in [3.63, 3.8) is 0 Å². The third-order valence-corrected chi connectivity index (χ3v) is 2.15. The summed E-state index contributed by atoms with van der Waals surface area (Å²) >= 11 is 0. The van der Waals surface area contributed by atoms with Gasteiger partial charge in [-0.05, 0) is 42.8 Å². The summed E-state index contributed by atoms with van der Waals surface area (Å²) in [5.41, 5.74) is 1.80. The fraction of sp³-hybridized carbons (Fsp3) is 0.0714. The maximum absolute atomic E-state index is 11.5. The molecule has 3 heteroatoms. The van der Waals surface area contributed by atoms with Crippen LogP contribution in [0.4, 0.5) is 10.5 Å². The summed E-state index contributed by atoms with van der Waals surface area (Å²) in [6, 6.07) is 17.2. The molecular weight excluding hydrogens is 214 g/mol. The number of carbonyl (C=O) groups is 1. The lowest BCUT2D eigenvalue weighted by Gasteiger charge is -2.06. The van der Waals surface area contributed by atoms with Gasteiger partial charge in [-0.3, -0.25) is 5.32 Å². The molecule has 0 unspecified atom stereocenters. The fourth-order valence-electron chi connectivity index (χ4n) is 1.41. The molecule has 85 valence electrons. The van der Waals surface area contributed by atoms with E-state index in [0.717, 1.165) is 11.3 Å². The second kappa shape index (κ2) is 5.16. The van der Waals surface area contributed by atoms with Gasteiger partial charge >= 0.3 is 6.09 Å². The van der Waals surface area contributed by atoms with Crippen LogP contribution in [0.3, 0.4) is 0 Å². The maximum atomic E-state index is 11.5.